The number of aliphatic carboxylic acids is 1. The highest BCUT2D eigenvalue weighted by atomic mass is 16.5. The molecule has 0 radical (unpaired) electrons. The van der Waals surface area contributed by atoms with Crippen molar-refractivity contribution in [2.24, 2.45) is 28.6 Å². The van der Waals surface area contributed by atoms with Crippen LogP contribution >= 0.6 is 0 Å². The molecule has 1 aromatic rings. The lowest BCUT2D eigenvalue weighted by Gasteiger charge is -2.39. The largest absolute Gasteiger partial charge is 0.496 e. The monoisotopic (exact) mass is 540 g/mol. The third kappa shape index (κ3) is 5.48. The molecule has 39 heavy (non-hydrogen) atoms. The molecule has 8 nitrogen and oxygen atoms in total. The van der Waals surface area contributed by atoms with E-state index in [4.69, 9.17) is 9.47 Å². The Bertz CT molecular complexity index is 1120. The molecule has 0 saturated heterocycles. The maximum atomic E-state index is 13.7. The highest BCUT2D eigenvalue weighted by Crippen LogP contribution is 2.49. The van der Waals surface area contributed by atoms with Crippen LogP contribution < -0.4 is 20.1 Å². The highest BCUT2D eigenvalue weighted by Gasteiger charge is 2.51. The summed E-state index contributed by atoms with van der Waals surface area (Å²) in [5, 5.41) is 16.0. The van der Waals surface area contributed by atoms with Gasteiger partial charge in [0, 0.05) is 12.6 Å². The molecule has 0 unspecified atom stereocenters. The van der Waals surface area contributed by atoms with Crippen molar-refractivity contribution >= 4 is 17.8 Å². The van der Waals surface area contributed by atoms with Crippen molar-refractivity contribution in [3.05, 3.63) is 23.3 Å². The van der Waals surface area contributed by atoms with Gasteiger partial charge in [-0.2, -0.15) is 0 Å². The van der Waals surface area contributed by atoms with Crippen LogP contribution in [0.15, 0.2) is 12.1 Å². The molecule has 5 rings (SSSR count). The number of nitrogens with one attached hydrogen (secondary N) is 2. The van der Waals surface area contributed by atoms with Gasteiger partial charge in [-0.3, -0.25) is 14.4 Å². The average Bonchev–Trinajstić information content (AvgIpc) is 3.49. The lowest BCUT2D eigenvalue weighted by Crippen LogP contribution is -2.51. The molecule has 4 saturated carbocycles. The lowest BCUT2D eigenvalue weighted by atomic mass is 9.70. The maximum absolute atomic E-state index is 13.7. The van der Waals surface area contributed by atoms with E-state index in [9.17, 15) is 19.5 Å². The van der Waals surface area contributed by atoms with Gasteiger partial charge in [0.1, 0.15) is 11.5 Å². The van der Waals surface area contributed by atoms with Crippen LogP contribution in [0.1, 0.15) is 94.0 Å². The Hall–Kier alpha value is -2.77. The first-order chi connectivity index (χ1) is 18.5. The SMILES string of the molecule is COc1c(C)cc(O[C@H]2CC[C@@](C)(C(=O)O)CC2)cc1C(=O)N[C@@H]1[C@H]2CC[C@H](C2)[C@@H]1C(=O)NCC1(C)CCC1. The molecular formula is C31H44N2O6. The highest BCUT2D eigenvalue weighted by molar-refractivity contribution is 5.98. The van der Waals surface area contributed by atoms with Gasteiger partial charge < -0.3 is 25.2 Å². The second-order valence-electron chi connectivity index (χ2n) is 13.2. The standard InChI is InChI=1S/C31H44N2O6/c1-18-14-22(39-21-8-12-31(3,13-9-21)29(36)37)16-23(26(18)38-4)27(34)33-25-20-7-6-19(15-20)24(25)28(35)32-17-30(2)10-5-11-30/h14,16,19-21,24-25H,5-13,15,17H2,1-4H3,(H,32,35)(H,33,34)(H,36,37)/t19-,20+,21-,24+,25-,31+/m1/s1. The van der Waals surface area contributed by atoms with Gasteiger partial charge in [-0.15, -0.1) is 0 Å². The molecule has 4 fully saturated rings. The van der Waals surface area contributed by atoms with Crippen molar-refractivity contribution in [3.63, 3.8) is 0 Å². The Morgan fingerprint density at radius 3 is 2.33 bits per heavy atom. The molecule has 214 valence electrons. The van der Waals surface area contributed by atoms with Crippen LogP contribution in [-0.4, -0.2) is 48.7 Å². The van der Waals surface area contributed by atoms with Crippen molar-refractivity contribution in [1.82, 2.24) is 10.6 Å². The molecule has 4 atom stereocenters. The number of fused-ring (bicyclic) bond motifs is 2. The number of aryl methyl sites for hydroxylation is 1. The number of carbonyl (C=O) groups excluding carboxylic acids is 2. The molecule has 2 amide bonds. The summed E-state index contributed by atoms with van der Waals surface area (Å²) in [6, 6.07) is 3.41. The summed E-state index contributed by atoms with van der Waals surface area (Å²) in [5.74, 6) is 0.582. The average molecular weight is 541 g/mol. The topological polar surface area (TPSA) is 114 Å². The summed E-state index contributed by atoms with van der Waals surface area (Å²) >= 11 is 0. The van der Waals surface area contributed by atoms with Gasteiger partial charge in [0.25, 0.3) is 5.91 Å². The Balaban J connectivity index is 1.28. The number of hydrogen-bond donors (Lipinski definition) is 3. The Morgan fingerprint density at radius 2 is 1.72 bits per heavy atom. The van der Waals surface area contributed by atoms with Crippen molar-refractivity contribution in [1.29, 1.82) is 0 Å². The number of carboxylic acids is 1. The molecule has 4 aliphatic carbocycles. The predicted molar refractivity (Wildman–Crippen MR) is 147 cm³/mol. The molecule has 1 aromatic carbocycles. The van der Waals surface area contributed by atoms with Gasteiger partial charge in [0.15, 0.2) is 0 Å². The number of carbonyl (C=O) groups is 3. The number of carboxylic acid groups (broad SMARTS) is 1. The molecule has 4 aliphatic rings. The molecule has 0 aliphatic heterocycles. The van der Waals surface area contributed by atoms with Crippen LogP contribution in [0.4, 0.5) is 0 Å². The van der Waals surface area contributed by atoms with Crippen molar-refractivity contribution < 1.29 is 29.0 Å². The van der Waals surface area contributed by atoms with Crippen LogP contribution in [0.3, 0.4) is 0 Å². The van der Waals surface area contributed by atoms with Gasteiger partial charge in [-0.1, -0.05) is 13.3 Å². The van der Waals surface area contributed by atoms with Gasteiger partial charge in [-0.05, 0) is 107 Å². The van der Waals surface area contributed by atoms with E-state index in [1.807, 2.05) is 13.0 Å². The summed E-state index contributed by atoms with van der Waals surface area (Å²) in [5.41, 5.74) is 0.701. The molecular weight excluding hydrogens is 496 g/mol. The first-order valence-corrected chi connectivity index (χ1v) is 14.7. The third-order valence-electron chi connectivity index (χ3n) is 10.3. The Kier molecular flexibility index (Phi) is 7.59. The molecule has 3 N–H and O–H groups in total. The quantitative estimate of drug-likeness (QED) is 0.412. The Morgan fingerprint density at radius 1 is 1.03 bits per heavy atom. The van der Waals surface area contributed by atoms with E-state index < -0.39 is 11.4 Å². The number of benzene rings is 1. The van der Waals surface area contributed by atoms with E-state index >= 15 is 0 Å². The maximum Gasteiger partial charge on any atom is 0.309 e. The molecule has 8 heteroatoms. The predicted octanol–water partition coefficient (Wildman–Crippen LogP) is 4.87. The van der Waals surface area contributed by atoms with E-state index in [0.717, 1.165) is 37.7 Å². The minimum atomic E-state index is -0.759. The van der Waals surface area contributed by atoms with Crippen molar-refractivity contribution in [2.45, 2.75) is 97.1 Å². The molecule has 0 spiro atoms. The van der Waals surface area contributed by atoms with E-state index in [2.05, 4.69) is 17.6 Å². The summed E-state index contributed by atoms with van der Waals surface area (Å²) in [4.78, 5) is 38.7. The minimum absolute atomic E-state index is 0.0755. The summed E-state index contributed by atoms with van der Waals surface area (Å²) in [6.07, 6.45) is 8.91. The zero-order valence-corrected chi connectivity index (χ0v) is 23.8. The second-order valence-corrected chi connectivity index (χ2v) is 13.2. The number of hydrogen-bond acceptors (Lipinski definition) is 5. The zero-order valence-electron chi connectivity index (χ0n) is 23.8. The van der Waals surface area contributed by atoms with Crippen LogP contribution in [0, 0.1) is 35.5 Å². The fourth-order valence-corrected chi connectivity index (χ4v) is 7.48. The zero-order chi connectivity index (χ0) is 27.9. The first-order valence-electron chi connectivity index (χ1n) is 14.7. The fraction of sp³-hybridized carbons (Fsp3) is 0.710. The smallest absolute Gasteiger partial charge is 0.309 e. The second kappa shape index (κ2) is 10.7. The fourth-order valence-electron chi connectivity index (χ4n) is 7.48. The number of rotatable bonds is 9. The minimum Gasteiger partial charge on any atom is -0.496 e. The third-order valence-corrected chi connectivity index (χ3v) is 10.3. The summed E-state index contributed by atoms with van der Waals surface area (Å²) in [6.45, 7) is 6.63. The van der Waals surface area contributed by atoms with Gasteiger partial charge in [0.05, 0.1) is 30.1 Å². The summed E-state index contributed by atoms with van der Waals surface area (Å²) < 4.78 is 11.9. The van der Waals surface area contributed by atoms with E-state index in [1.54, 1.807) is 20.1 Å². The van der Waals surface area contributed by atoms with Crippen molar-refractivity contribution in [2.75, 3.05) is 13.7 Å². The molecule has 0 aromatic heterocycles. The lowest BCUT2D eigenvalue weighted by molar-refractivity contribution is -0.150. The molecule has 0 heterocycles. The van der Waals surface area contributed by atoms with Crippen LogP contribution in [0.2, 0.25) is 0 Å². The number of ether oxygens (including phenoxy) is 2. The van der Waals surface area contributed by atoms with Crippen LogP contribution in [0.25, 0.3) is 0 Å². The molecule has 2 bridgehead atoms. The van der Waals surface area contributed by atoms with E-state index in [0.29, 0.717) is 61.1 Å². The van der Waals surface area contributed by atoms with E-state index in [1.165, 1.54) is 6.42 Å². The number of amides is 2. The van der Waals surface area contributed by atoms with Gasteiger partial charge in [-0.25, -0.2) is 0 Å². The summed E-state index contributed by atoms with van der Waals surface area (Å²) in [7, 11) is 1.56. The van der Waals surface area contributed by atoms with Crippen LogP contribution in [0.5, 0.6) is 11.5 Å². The van der Waals surface area contributed by atoms with Gasteiger partial charge in [0.2, 0.25) is 5.91 Å². The van der Waals surface area contributed by atoms with Gasteiger partial charge >= 0.3 is 5.97 Å². The number of methoxy groups -OCH3 is 1. The van der Waals surface area contributed by atoms with Crippen molar-refractivity contribution in [3.8, 4) is 11.5 Å². The van der Waals surface area contributed by atoms with Crippen LogP contribution in [-0.2, 0) is 9.59 Å². The first kappa shape index (κ1) is 27.8. The Labute approximate surface area is 231 Å². The van der Waals surface area contributed by atoms with E-state index in [-0.39, 0.29) is 35.3 Å². The normalized spacial score (nSPS) is 32.7.